The molecule has 1 aromatic heterocycles. The molecule has 0 aliphatic heterocycles. The van der Waals surface area contributed by atoms with Crippen molar-refractivity contribution in [1.29, 1.82) is 0 Å². The van der Waals surface area contributed by atoms with Crippen molar-refractivity contribution in [2.24, 2.45) is 0 Å². The van der Waals surface area contributed by atoms with Crippen LogP contribution in [0.15, 0.2) is 59.1 Å². The van der Waals surface area contributed by atoms with Crippen molar-refractivity contribution >= 4 is 14.3 Å². The first kappa shape index (κ1) is 22.3. The van der Waals surface area contributed by atoms with Crippen LogP contribution in [0.2, 0.25) is 18.1 Å². The van der Waals surface area contributed by atoms with Crippen LogP contribution in [0.5, 0.6) is 5.75 Å². The number of hydrogen-bond acceptors (Lipinski definition) is 5. The summed E-state index contributed by atoms with van der Waals surface area (Å²) in [5.74, 6) is 1.18. The molecule has 1 aliphatic rings. The summed E-state index contributed by atoms with van der Waals surface area (Å²) in [6.45, 7) is 11.2. The number of ether oxygens (including phenoxy) is 1. The summed E-state index contributed by atoms with van der Waals surface area (Å²) in [7, 11) is -0.501. The van der Waals surface area contributed by atoms with Crippen molar-refractivity contribution in [1.82, 2.24) is 5.16 Å². The van der Waals surface area contributed by atoms with Crippen molar-refractivity contribution in [2.75, 3.05) is 7.11 Å². The smallest absolute Gasteiger partial charge is 0.319 e. The number of benzene rings is 2. The molecule has 1 heterocycles. The highest BCUT2D eigenvalue weighted by atomic mass is 28.4. The van der Waals surface area contributed by atoms with Crippen LogP contribution in [0.25, 0.3) is 22.4 Å². The van der Waals surface area contributed by atoms with Crippen LogP contribution in [-0.4, -0.2) is 26.6 Å². The monoisotopic (exact) mass is 449 g/mol. The highest BCUT2D eigenvalue weighted by Crippen LogP contribution is 2.54. The standard InChI is InChI=1S/C26H31NO4Si/c1-25(2,3)32(5,6)31-20-14-12-19(13-15-20)22-21(18-10-8-7-9-11-18)23(30-27-22)26(16-17-26)24(28)29-4/h7-15H,16-17H2,1-6H3. The van der Waals surface area contributed by atoms with Crippen LogP contribution in [0.3, 0.4) is 0 Å². The average molecular weight is 450 g/mol. The summed E-state index contributed by atoms with van der Waals surface area (Å²) in [4.78, 5) is 12.6. The SMILES string of the molecule is COC(=O)C1(c2onc(-c3ccc(O[Si](C)(C)C(C)(C)C)cc3)c2-c2ccccc2)CC1. The second-order valence-electron chi connectivity index (χ2n) is 10.1. The largest absolute Gasteiger partial charge is 0.544 e. The van der Waals surface area contributed by atoms with E-state index in [1.54, 1.807) is 0 Å². The summed E-state index contributed by atoms with van der Waals surface area (Å²) in [6, 6.07) is 18.0. The predicted molar refractivity (Wildman–Crippen MR) is 128 cm³/mol. The summed E-state index contributed by atoms with van der Waals surface area (Å²) >= 11 is 0. The maximum atomic E-state index is 12.6. The predicted octanol–water partition coefficient (Wildman–Crippen LogP) is 6.60. The molecule has 3 aromatic rings. The van der Waals surface area contributed by atoms with Crippen molar-refractivity contribution in [3.63, 3.8) is 0 Å². The van der Waals surface area contributed by atoms with Crippen molar-refractivity contribution in [3.05, 3.63) is 60.4 Å². The first-order valence-electron chi connectivity index (χ1n) is 11.0. The van der Waals surface area contributed by atoms with E-state index in [9.17, 15) is 4.79 Å². The number of nitrogens with zero attached hydrogens (tertiary/aromatic N) is 1. The minimum Gasteiger partial charge on any atom is -0.544 e. The minimum absolute atomic E-state index is 0.125. The molecule has 5 nitrogen and oxygen atoms in total. The zero-order valence-electron chi connectivity index (χ0n) is 19.7. The van der Waals surface area contributed by atoms with Gasteiger partial charge in [-0.25, -0.2) is 0 Å². The lowest BCUT2D eigenvalue weighted by Crippen LogP contribution is -2.43. The van der Waals surface area contributed by atoms with Gasteiger partial charge in [-0.2, -0.15) is 0 Å². The Labute approximate surface area is 190 Å². The van der Waals surface area contributed by atoms with E-state index in [1.165, 1.54) is 7.11 Å². The Morgan fingerprint density at radius 1 is 1.00 bits per heavy atom. The average Bonchev–Trinajstić information content (AvgIpc) is 3.45. The molecule has 0 saturated heterocycles. The van der Waals surface area contributed by atoms with Gasteiger partial charge in [-0.05, 0) is 60.8 Å². The van der Waals surface area contributed by atoms with Gasteiger partial charge in [0.25, 0.3) is 0 Å². The second kappa shape index (κ2) is 7.92. The molecule has 0 atom stereocenters. The number of methoxy groups -OCH3 is 1. The van der Waals surface area contributed by atoms with Gasteiger partial charge in [0.05, 0.1) is 12.7 Å². The summed E-state index contributed by atoms with van der Waals surface area (Å²) in [5.41, 5.74) is 2.72. The summed E-state index contributed by atoms with van der Waals surface area (Å²) in [6.07, 6.45) is 1.40. The van der Waals surface area contributed by atoms with Gasteiger partial charge < -0.3 is 13.7 Å². The topological polar surface area (TPSA) is 61.6 Å². The van der Waals surface area contributed by atoms with Crippen molar-refractivity contribution < 1.29 is 18.5 Å². The van der Waals surface area contributed by atoms with E-state index in [2.05, 4.69) is 39.0 Å². The van der Waals surface area contributed by atoms with Crippen LogP contribution in [0.1, 0.15) is 39.4 Å². The Bertz CT molecular complexity index is 1110. The van der Waals surface area contributed by atoms with E-state index in [0.29, 0.717) is 18.6 Å². The van der Waals surface area contributed by atoms with Gasteiger partial charge in [-0.3, -0.25) is 4.79 Å². The molecule has 1 fully saturated rings. The van der Waals surface area contributed by atoms with Crippen LogP contribution in [0.4, 0.5) is 0 Å². The van der Waals surface area contributed by atoms with E-state index in [0.717, 1.165) is 28.1 Å². The molecule has 32 heavy (non-hydrogen) atoms. The third kappa shape index (κ3) is 3.88. The van der Waals surface area contributed by atoms with E-state index in [-0.39, 0.29) is 11.0 Å². The molecule has 0 spiro atoms. The Hall–Kier alpha value is -2.86. The second-order valence-corrected chi connectivity index (χ2v) is 14.8. The zero-order chi connectivity index (χ0) is 23.1. The van der Waals surface area contributed by atoms with E-state index >= 15 is 0 Å². The van der Waals surface area contributed by atoms with E-state index in [4.69, 9.17) is 13.7 Å². The quantitative estimate of drug-likeness (QED) is 0.313. The third-order valence-electron chi connectivity index (χ3n) is 6.82. The molecule has 1 aliphatic carbocycles. The van der Waals surface area contributed by atoms with Crippen LogP contribution in [0, 0.1) is 0 Å². The van der Waals surface area contributed by atoms with Crippen molar-refractivity contribution in [2.45, 2.75) is 57.2 Å². The molecule has 6 heteroatoms. The molecular weight excluding hydrogens is 418 g/mol. The van der Waals surface area contributed by atoms with Crippen LogP contribution >= 0.6 is 0 Å². The summed E-state index contributed by atoms with van der Waals surface area (Å²) in [5, 5.41) is 4.54. The molecule has 4 rings (SSSR count). The fraction of sp³-hybridized carbons (Fsp3) is 0.385. The van der Waals surface area contributed by atoms with E-state index < -0.39 is 13.7 Å². The van der Waals surface area contributed by atoms with Gasteiger partial charge in [0, 0.05) is 5.56 Å². The first-order chi connectivity index (χ1) is 15.1. The number of carbonyl (C=O) groups is 1. The lowest BCUT2D eigenvalue weighted by atomic mass is 9.92. The molecule has 0 N–H and O–H groups in total. The maximum absolute atomic E-state index is 12.6. The fourth-order valence-electron chi connectivity index (χ4n) is 3.66. The molecule has 0 amide bonds. The number of aromatic nitrogens is 1. The fourth-order valence-corrected chi connectivity index (χ4v) is 4.69. The Balaban J connectivity index is 1.74. The van der Waals surface area contributed by atoms with Crippen LogP contribution in [-0.2, 0) is 14.9 Å². The number of hydrogen-bond donors (Lipinski definition) is 0. The van der Waals surface area contributed by atoms with E-state index in [1.807, 2.05) is 54.6 Å². The van der Waals surface area contributed by atoms with Gasteiger partial charge in [0.1, 0.15) is 16.9 Å². The van der Waals surface area contributed by atoms with Crippen LogP contribution < -0.4 is 4.43 Å². The Morgan fingerprint density at radius 2 is 1.62 bits per heavy atom. The number of carbonyl (C=O) groups excluding carboxylic acids is 1. The molecule has 0 radical (unpaired) electrons. The lowest BCUT2D eigenvalue weighted by molar-refractivity contribution is -0.144. The zero-order valence-corrected chi connectivity index (χ0v) is 20.7. The lowest BCUT2D eigenvalue weighted by Gasteiger charge is -2.36. The van der Waals surface area contributed by atoms with Gasteiger partial charge in [-0.15, -0.1) is 0 Å². The first-order valence-corrected chi connectivity index (χ1v) is 13.9. The van der Waals surface area contributed by atoms with Gasteiger partial charge in [0.2, 0.25) is 8.32 Å². The molecule has 1 saturated carbocycles. The number of rotatable bonds is 6. The Morgan fingerprint density at radius 3 is 2.16 bits per heavy atom. The Kier molecular flexibility index (Phi) is 5.53. The van der Waals surface area contributed by atoms with Gasteiger partial charge in [-0.1, -0.05) is 56.3 Å². The summed E-state index contributed by atoms with van der Waals surface area (Å²) < 4.78 is 17.3. The minimum atomic E-state index is -1.92. The number of esters is 1. The molecule has 2 aromatic carbocycles. The van der Waals surface area contributed by atoms with Gasteiger partial charge in [0.15, 0.2) is 5.76 Å². The maximum Gasteiger partial charge on any atom is 0.319 e. The molecule has 0 bridgehead atoms. The normalized spacial score (nSPS) is 15.3. The third-order valence-corrected chi connectivity index (χ3v) is 11.2. The van der Waals surface area contributed by atoms with Crippen molar-refractivity contribution in [3.8, 4) is 28.1 Å². The highest BCUT2D eigenvalue weighted by molar-refractivity contribution is 6.74. The van der Waals surface area contributed by atoms with Gasteiger partial charge >= 0.3 is 5.97 Å². The molecular formula is C26H31NO4Si. The highest BCUT2D eigenvalue weighted by Gasteiger charge is 2.57. The molecule has 168 valence electrons. The molecule has 0 unspecified atom stereocenters.